The molecule has 2 fully saturated rings. The third-order valence-electron chi connectivity index (χ3n) is 11.2. The van der Waals surface area contributed by atoms with Crippen molar-refractivity contribution < 1.29 is 38.8 Å². The molecular formula is C33H52O8. The molecule has 8 nitrogen and oxygen atoms in total. The van der Waals surface area contributed by atoms with Crippen LogP contribution in [0.1, 0.15) is 113 Å². The predicted octanol–water partition coefficient (Wildman–Crippen LogP) is 5.27. The third-order valence-corrected chi connectivity index (χ3v) is 11.2. The van der Waals surface area contributed by atoms with Crippen LogP contribution in [0.3, 0.4) is 0 Å². The molecule has 0 aromatic heterocycles. The Morgan fingerprint density at radius 2 is 1.54 bits per heavy atom. The fraction of sp³-hybridized carbons (Fsp3) is 0.848. The molecule has 0 heterocycles. The Labute approximate surface area is 245 Å². The summed E-state index contributed by atoms with van der Waals surface area (Å²) in [4.78, 5) is 36.9. The van der Waals surface area contributed by atoms with Crippen LogP contribution in [-0.4, -0.2) is 58.1 Å². The highest BCUT2D eigenvalue weighted by Crippen LogP contribution is 2.67. The number of aliphatic hydroxyl groups excluding tert-OH is 1. The topological polar surface area (TPSA) is 119 Å². The molecule has 0 aliphatic heterocycles. The van der Waals surface area contributed by atoms with Crippen LogP contribution in [0.25, 0.3) is 0 Å². The molecular weight excluding hydrogens is 524 g/mol. The van der Waals surface area contributed by atoms with Crippen molar-refractivity contribution in [3.05, 3.63) is 11.1 Å². The maximum atomic E-state index is 12.6. The Morgan fingerprint density at radius 3 is 2.12 bits per heavy atom. The Kier molecular flexibility index (Phi) is 9.08. The van der Waals surface area contributed by atoms with Crippen LogP contribution in [0, 0.1) is 34.5 Å². The summed E-state index contributed by atoms with van der Waals surface area (Å²) in [5, 5.41) is 24.6. The van der Waals surface area contributed by atoms with E-state index in [1.807, 2.05) is 6.92 Å². The van der Waals surface area contributed by atoms with Gasteiger partial charge in [0.15, 0.2) is 12.2 Å². The minimum Gasteiger partial charge on any atom is -0.462 e. The first kappa shape index (κ1) is 32.0. The van der Waals surface area contributed by atoms with E-state index in [4.69, 9.17) is 14.2 Å². The van der Waals surface area contributed by atoms with E-state index in [1.54, 1.807) is 0 Å². The molecule has 4 aliphatic carbocycles. The zero-order chi connectivity index (χ0) is 30.5. The van der Waals surface area contributed by atoms with Gasteiger partial charge in [0.1, 0.15) is 11.7 Å². The number of rotatable bonds is 8. The summed E-state index contributed by atoms with van der Waals surface area (Å²) in [6.07, 6.45) is 3.26. The van der Waals surface area contributed by atoms with Gasteiger partial charge >= 0.3 is 17.9 Å². The van der Waals surface area contributed by atoms with E-state index in [-0.39, 0.29) is 17.8 Å². The van der Waals surface area contributed by atoms with E-state index >= 15 is 0 Å². The van der Waals surface area contributed by atoms with E-state index < -0.39 is 53.3 Å². The van der Waals surface area contributed by atoms with Crippen molar-refractivity contribution in [2.75, 3.05) is 0 Å². The maximum Gasteiger partial charge on any atom is 0.303 e. The van der Waals surface area contributed by atoms with E-state index in [1.165, 1.54) is 33.6 Å². The molecule has 0 bridgehead atoms. The first-order valence-electron chi connectivity index (χ1n) is 15.7. The summed E-state index contributed by atoms with van der Waals surface area (Å²) in [7, 11) is 0. The molecule has 0 radical (unpaired) electrons. The maximum absolute atomic E-state index is 12.6. The lowest BCUT2D eigenvalue weighted by Crippen LogP contribution is -2.70. The van der Waals surface area contributed by atoms with Gasteiger partial charge in [0, 0.05) is 32.6 Å². The molecule has 8 heteroatoms. The van der Waals surface area contributed by atoms with Crippen LogP contribution in [-0.2, 0) is 28.6 Å². The van der Waals surface area contributed by atoms with Crippen LogP contribution < -0.4 is 0 Å². The van der Waals surface area contributed by atoms with Gasteiger partial charge in [-0.3, -0.25) is 14.4 Å². The monoisotopic (exact) mass is 576 g/mol. The number of carbonyl (C=O) groups is 3. The highest BCUT2D eigenvalue weighted by atomic mass is 16.6. The fourth-order valence-corrected chi connectivity index (χ4v) is 9.52. The SMILES string of the molecule is CC(=O)O[C@H]1CC[C@]2(C)C3=C([C@H](OC(C)=O)[C@H](OC(C)=O)[C@@]2(O)C1)[C@@H]1CC[C@H]([C@H](C)CCCC(C)C)[C@@]1(C)C[C@H]3O. The minimum atomic E-state index is -1.72. The van der Waals surface area contributed by atoms with Crippen LogP contribution in [0.5, 0.6) is 0 Å². The summed E-state index contributed by atoms with van der Waals surface area (Å²) < 4.78 is 17.4. The summed E-state index contributed by atoms with van der Waals surface area (Å²) in [5.41, 5.74) is -1.34. The fourth-order valence-electron chi connectivity index (χ4n) is 9.52. The van der Waals surface area contributed by atoms with Crippen LogP contribution in [0.4, 0.5) is 0 Å². The molecule has 0 spiro atoms. The lowest BCUT2D eigenvalue weighted by molar-refractivity contribution is -0.239. The molecule has 2 N–H and O–H groups in total. The second-order valence-corrected chi connectivity index (χ2v) is 14.4. The Hall–Kier alpha value is -1.93. The van der Waals surface area contributed by atoms with Gasteiger partial charge in [0.2, 0.25) is 0 Å². The lowest BCUT2D eigenvalue weighted by Gasteiger charge is -2.62. The highest BCUT2D eigenvalue weighted by molar-refractivity contribution is 5.69. The zero-order valence-corrected chi connectivity index (χ0v) is 26.3. The molecule has 0 aromatic carbocycles. The summed E-state index contributed by atoms with van der Waals surface area (Å²) >= 11 is 0. The van der Waals surface area contributed by atoms with Crippen molar-refractivity contribution in [3.63, 3.8) is 0 Å². The van der Waals surface area contributed by atoms with Gasteiger partial charge < -0.3 is 24.4 Å². The summed E-state index contributed by atoms with van der Waals surface area (Å²) in [6, 6.07) is 0. The average molecular weight is 577 g/mol. The first-order chi connectivity index (χ1) is 19.0. The first-order valence-corrected chi connectivity index (χ1v) is 15.7. The van der Waals surface area contributed by atoms with Crippen LogP contribution in [0.2, 0.25) is 0 Å². The number of hydrogen-bond acceptors (Lipinski definition) is 8. The van der Waals surface area contributed by atoms with E-state index in [9.17, 15) is 24.6 Å². The smallest absolute Gasteiger partial charge is 0.303 e. The molecule has 0 aromatic rings. The van der Waals surface area contributed by atoms with Crippen molar-refractivity contribution in [1.29, 1.82) is 0 Å². The average Bonchev–Trinajstić information content (AvgIpc) is 3.17. The molecule has 2 saturated carbocycles. The largest absolute Gasteiger partial charge is 0.462 e. The van der Waals surface area contributed by atoms with Crippen molar-refractivity contribution in [1.82, 2.24) is 0 Å². The molecule has 232 valence electrons. The quantitative estimate of drug-likeness (QED) is 0.228. The molecule has 0 unspecified atom stereocenters. The van der Waals surface area contributed by atoms with Gasteiger partial charge in [-0.2, -0.15) is 0 Å². The number of ether oxygens (including phenoxy) is 3. The van der Waals surface area contributed by atoms with Gasteiger partial charge in [-0.25, -0.2) is 0 Å². The number of carbonyl (C=O) groups excluding carboxylic acids is 3. The van der Waals surface area contributed by atoms with Crippen molar-refractivity contribution in [2.45, 2.75) is 143 Å². The zero-order valence-electron chi connectivity index (χ0n) is 26.3. The Bertz CT molecular complexity index is 1070. The molecule has 41 heavy (non-hydrogen) atoms. The van der Waals surface area contributed by atoms with E-state index in [0.717, 1.165) is 30.4 Å². The number of hydrogen-bond donors (Lipinski definition) is 2. The van der Waals surface area contributed by atoms with Gasteiger partial charge in [0.25, 0.3) is 0 Å². The second-order valence-electron chi connectivity index (χ2n) is 14.4. The van der Waals surface area contributed by atoms with Gasteiger partial charge in [-0.05, 0) is 72.3 Å². The van der Waals surface area contributed by atoms with Crippen molar-refractivity contribution in [2.24, 2.45) is 34.5 Å². The predicted molar refractivity (Wildman–Crippen MR) is 153 cm³/mol. The molecule has 4 aliphatic rings. The standard InChI is InChI=1S/C33H52O8/c1-18(2)10-9-11-19(3)24-12-13-25-27-28(26(37)17-31(24,25)7)32(8)15-14-23(39-20(4)34)16-33(32,38)30(41-22(6)36)29(27)40-21(5)35/h18-19,23-26,29-30,37-38H,9-17H2,1-8H3/t19-,23+,24-,25+,26-,29+,30+,31-,32-,33+/m1/s1. The third kappa shape index (κ3) is 5.60. The lowest BCUT2D eigenvalue weighted by atomic mass is 9.46. The summed E-state index contributed by atoms with van der Waals surface area (Å²) in [6.45, 7) is 15.0. The van der Waals surface area contributed by atoms with E-state index in [0.29, 0.717) is 37.0 Å². The van der Waals surface area contributed by atoms with Crippen LogP contribution >= 0.6 is 0 Å². The highest BCUT2D eigenvalue weighted by Gasteiger charge is 2.70. The normalized spacial score (nSPS) is 40.8. The molecule has 4 rings (SSSR count). The van der Waals surface area contributed by atoms with Crippen LogP contribution in [0.15, 0.2) is 11.1 Å². The number of aliphatic hydroxyl groups is 2. The summed E-state index contributed by atoms with van der Waals surface area (Å²) in [5.74, 6) is -0.0362. The van der Waals surface area contributed by atoms with Crippen molar-refractivity contribution in [3.8, 4) is 0 Å². The Morgan fingerprint density at radius 1 is 0.902 bits per heavy atom. The molecule has 0 saturated heterocycles. The minimum absolute atomic E-state index is 0.0136. The molecule has 0 amide bonds. The number of fused-ring (bicyclic) bond motifs is 4. The van der Waals surface area contributed by atoms with Gasteiger partial charge in [0.05, 0.1) is 6.10 Å². The second kappa shape index (κ2) is 11.6. The number of esters is 3. The van der Waals surface area contributed by atoms with Crippen molar-refractivity contribution >= 4 is 17.9 Å². The van der Waals surface area contributed by atoms with Gasteiger partial charge in [-0.1, -0.05) is 53.9 Å². The molecule has 10 atom stereocenters. The van der Waals surface area contributed by atoms with Gasteiger partial charge in [-0.15, -0.1) is 0 Å². The Balaban J connectivity index is 1.83. The van der Waals surface area contributed by atoms with E-state index in [2.05, 4.69) is 27.7 Å².